The van der Waals surface area contributed by atoms with Gasteiger partial charge in [0.15, 0.2) is 0 Å². The van der Waals surface area contributed by atoms with E-state index in [0.29, 0.717) is 17.7 Å². The van der Waals surface area contributed by atoms with Crippen molar-refractivity contribution >= 4 is 17.3 Å². The number of rotatable bonds is 1. The van der Waals surface area contributed by atoms with Crippen LogP contribution in [0.5, 0.6) is 0 Å². The molecule has 0 radical (unpaired) electrons. The van der Waals surface area contributed by atoms with Crippen LogP contribution in [0.15, 0.2) is 29.4 Å². The summed E-state index contributed by atoms with van der Waals surface area (Å²) in [7, 11) is 0. The zero-order chi connectivity index (χ0) is 10.8. The van der Waals surface area contributed by atoms with Crippen molar-refractivity contribution in [2.75, 3.05) is 5.01 Å². The molecule has 4 heteroatoms. The summed E-state index contributed by atoms with van der Waals surface area (Å²) in [6.45, 7) is 1.80. The van der Waals surface area contributed by atoms with Crippen LogP contribution in [0.2, 0.25) is 0 Å². The molecule has 1 aromatic rings. The van der Waals surface area contributed by atoms with Gasteiger partial charge in [-0.25, -0.2) is 0 Å². The Hall–Kier alpha value is -2.15. The number of carbonyl (C=O) groups excluding carboxylic acids is 1. The highest BCUT2D eigenvalue weighted by Crippen LogP contribution is 2.23. The lowest BCUT2D eigenvalue weighted by atomic mass is 10.2. The van der Waals surface area contributed by atoms with Crippen LogP contribution in [0.1, 0.15) is 18.9 Å². The molecule has 0 bridgehead atoms. The maximum absolute atomic E-state index is 11.6. The second-order valence-electron chi connectivity index (χ2n) is 3.35. The third-order valence-corrected chi connectivity index (χ3v) is 2.17. The Morgan fingerprint density at radius 1 is 1.47 bits per heavy atom. The van der Waals surface area contributed by atoms with E-state index in [2.05, 4.69) is 5.10 Å². The lowest BCUT2D eigenvalue weighted by Crippen LogP contribution is -2.20. The summed E-state index contributed by atoms with van der Waals surface area (Å²) in [6.07, 6.45) is 0.333. The largest absolute Gasteiger partial charge is 0.272 e. The van der Waals surface area contributed by atoms with Gasteiger partial charge in [0, 0.05) is 5.71 Å². The summed E-state index contributed by atoms with van der Waals surface area (Å²) in [6, 6.07) is 8.99. The predicted octanol–water partition coefficient (Wildman–Crippen LogP) is 1.67. The summed E-state index contributed by atoms with van der Waals surface area (Å²) >= 11 is 0. The molecular formula is C11H9N3O. The minimum atomic E-state index is -0.0878. The van der Waals surface area contributed by atoms with E-state index in [1.165, 1.54) is 5.01 Å². The van der Waals surface area contributed by atoms with Crippen LogP contribution in [0.3, 0.4) is 0 Å². The van der Waals surface area contributed by atoms with Gasteiger partial charge in [-0.05, 0) is 19.1 Å². The Balaban J connectivity index is 2.47. The van der Waals surface area contributed by atoms with Crippen molar-refractivity contribution in [3.05, 3.63) is 29.8 Å². The molecule has 0 fully saturated rings. The number of nitriles is 1. The third kappa shape index (κ3) is 1.59. The van der Waals surface area contributed by atoms with Crippen molar-refractivity contribution in [3.8, 4) is 6.07 Å². The average Bonchev–Trinajstić information content (AvgIpc) is 2.57. The fourth-order valence-electron chi connectivity index (χ4n) is 1.50. The Morgan fingerprint density at radius 2 is 2.20 bits per heavy atom. The first-order chi connectivity index (χ1) is 7.22. The van der Waals surface area contributed by atoms with E-state index in [0.717, 1.165) is 5.71 Å². The summed E-state index contributed by atoms with van der Waals surface area (Å²) < 4.78 is 0. The number of anilines is 1. The van der Waals surface area contributed by atoms with E-state index in [4.69, 9.17) is 5.26 Å². The van der Waals surface area contributed by atoms with Gasteiger partial charge in [-0.1, -0.05) is 12.1 Å². The highest BCUT2D eigenvalue weighted by Gasteiger charge is 2.24. The third-order valence-electron chi connectivity index (χ3n) is 2.17. The van der Waals surface area contributed by atoms with Gasteiger partial charge in [0.2, 0.25) is 0 Å². The standard InChI is InChI=1S/C11H9N3O/c1-8-6-11(15)14(13-8)10-5-3-2-4-9(10)7-12/h2-5H,6H2,1H3. The molecule has 0 aromatic heterocycles. The van der Waals surface area contributed by atoms with E-state index in [-0.39, 0.29) is 5.91 Å². The first-order valence-electron chi connectivity index (χ1n) is 4.58. The molecule has 0 saturated carbocycles. The molecule has 0 aliphatic carbocycles. The van der Waals surface area contributed by atoms with Crippen LogP contribution in [-0.2, 0) is 4.79 Å². The van der Waals surface area contributed by atoms with Crippen molar-refractivity contribution in [2.45, 2.75) is 13.3 Å². The van der Waals surface area contributed by atoms with E-state index in [9.17, 15) is 4.79 Å². The molecule has 1 aromatic carbocycles. The molecule has 0 unspecified atom stereocenters. The lowest BCUT2D eigenvalue weighted by molar-refractivity contribution is -0.116. The van der Waals surface area contributed by atoms with Gasteiger partial charge in [-0.2, -0.15) is 15.4 Å². The number of hydrogen-bond donors (Lipinski definition) is 0. The first-order valence-corrected chi connectivity index (χ1v) is 4.58. The SMILES string of the molecule is CC1=NN(c2ccccc2C#N)C(=O)C1. The van der Waals surface area contributed by atoms with Crippen molar-refractivity contribution in [1.29, 1.82) is 5.26 Å². The van der Waals surface area contributed by atoms with Gasteiger partial charge in [0.25, 0.3) is 5.91 Å². The minimum absolute atomic E-state index is 0.0878. The lowest BCUT2D eigenvalue weighted by Gasteiger charge is -2.12. The zero-order valence-corrected chi connectivity index (χ0v) is 8.27. The van der Waals surface area contributed by atoms with Crippen LogP contribution in [0, 0.1) is 11.3 Å². The Labute approximate surface area is 87.4 Å². The Kier molecular flexibility index (Phi) is 2.22. The molecule has 15 heavy (non-hydrogen) atoms. The van der Waals surface area contributed by atoms with Crippen molar-refractivity contribution in [3.63, 3.8) is 0 Å². The number of benzene rings is 1. The molecule has 4 nitrogen and oxygen atoms in total. The quantitative estimate of drug-likeness (QED) is 0.690. The molecule has 0 atom stereocenters. The predicted molar refractivity (Wildman–Crippen MR) is 56.4 cm³/mol. The molecule has 0 saturated heterocycles. The van der Waals surface area contributed by atoms with Gasteiger partial charge in [-0.3, -0.25) is 4.79 Å². The second-order valence-corrected chi connectivity index (χ2v) is 3.35. The van der Waals surface area contributed by atoms with Crippen LogP contribution in [0.25, 0.3) is 0 Å². The van der Waals surface area contributed by atoms with E-state index < -0.39 is 0 Å². The average molecular weight is 199 g/mol. The van der Waals surface area contributed by atoms with Crippen LogP contribution in [-0.4, -0.2) is 11.6 Å². The van der Waals surface area contributed by atoms with Crippen molar-refractivity contribution < 1.29 is 4.79 Å². The van der Waals surface area contributed by atoms with Crippen LogP contribution < -0.4 is 5.01 Å². The molecule has 0 N–H and O–H groups in total. The second kappa shape index (κ2) is 3.54. The monoisotopic (exact) mass is 199 g/mol. The summed E-state index contributed by atoms with van der Waals surface area (Å²) in [4.78, 5) is 11.6. The highest BCUT2D eigenvalue weighted by atomic mass is 16.2. The van der Waals surface area contributed by atoms with Gasteiger partial charge in [0.1, 0.15) is 6.07 Å². The molecule has 1 amide bonds. The molecular weight excluding hydrogens is 190 g/mol. The molecule has 74 valence electrons. The van der Waals surface area contributed by atoms with E-state index in [1.807, 2.05) is 6.07 Å². The number of hydrogen-bond acceptors (Lipinski definition) is 3. The number of carbonyl (C=O) groups is 1. The number of nitrogens with zero attached hydrogens (tertiary/aromatic N) is 3. The zero-order valence-electron chi connectivity index (χ0n) is 8.27. The summed E-state index contributed by atoms with van der Waals surface area (Å²) in [5, 5.41) is 14.3. The Morgan fingerprint density at radius 3 is 2.80 bits per heavy atom. The molecule has 1 aliphatic rings. The topological polar surface area (TPSA) is 56.5 Å². The van der Waals surface area contributed by atoms with Crippen LogP contribution >= 0.6 is 0 Å². The minimum Gasteiger partial charge on any atom is -0.272 e. The molecule has 2 rings (SSSR count). The van der Waals surface area contributed by atoms with Crippen molar-refractivity contribution in [2.24, 2.45) is 5.10 Å². The normalized spacial score (nSPS) is 15.1. The number of para-hydroxylation sites is 1. The van der Waals surface area contributed by atoms with E-state index in [1.54, 1.807) is 31.2 Å². The summed E-state index contributed by atoms with van der Waals surface area (Å²) in [5.74, 6) is -0.0878. The Bertz CT molecular complexity index is 485. The maximum atomic E-state index is 11.6. The maximum Gasteiger partial charge on any atom is 0.253 e. The summed E-state index contributed by atoms with van der Waals surface area (Å²) in [5.41, 5.74) is 1.79. The first kappa shape index (κ1) is 9.41. The van der Waals surface area contributed by atoms with Gasteiger partial charge in [-0.15, -0.1) is 0 Å². The molecule has 1 aliphatic heterocycles. The number of amides is 1. The van der Waals surface area contributed by atoms with Gasteiger partial charge < -0.3 is 0 Å². The van der Waals surface area contributed by atoms with Crippen molar-refractivity contribution in [1.82, 2.24) is 0 Å². The van der Waals surface area contributed by atoms with Gasteiger partial charge >= 0.3 is 0 Å². The smallest absolute Gasteiger partial charge is 0.253 e. The number of hydrazone groups is 1. The van der Waals surface area contributed by atoms with E-state index >= 15 is 0 Å². The fourth-order valence-corrected chi connectivity index (χ4v) is 1.50. The van der Waals surface area contributed by atoms with Gasteiger partial charge in [0.05, 0.1) is 17.7 Å². The fraction of sp³-hybridized carbons (Fsp3) is 0.182. The van der Waals surface area contributed by atoms with Crippen LogP contribution in [0.4, 0.5) is 5.69 Å². The molecule has 0 spiro atoms. The highest BCUT2D eigenvalue weighted by molar-refractivity contribution is 6.12. The molecule has 1 heterocycles.